The smallest absolute Gasteiger partial charge is 0.487 e. The molecule has 1 unspecified atom stereocenters. The Morgan fingerprint density at radius 1 is 1.22 bits per heavy atom. The summed E-state index contributed by atoms with van der Waals surface area (Å²) in [6.07, 6.45) is -3.07. The molecule has 1 aliphatic heterocycles. The van der Waals surface area contributed by atoms with Crippen LogP contribution >= 0.6 is 0 Å². The molecule has 0 radical (unpaired) electrons. The Kier molecular flexibility index (Phi) is 9.02. The molecule has 0 saturated carbocycles. The molecule has 9 nitrogen and oxygen atoms in total. The zero-order valence-corrected chi connectivity index (χ0v) is 17.3. The van der Waals surface area contributed by atoms with Crippen molar-refractivity contribution in [3.8, 4) is 5.75 Å². The van der Waals surface area contributed by atoms with E-state index in [1.165, 1.54) is 0 Å². The van der Waals surface area contributed by atoms with Crippen molar-refractivity contribution in [1.29, 1.82) is 0 Å². The van der Waals surface area contributed by atoms with Crippen LogP contribution in [0.2, 0.25) is 0 Å². The normalized spacial score (nSPS) is 16.7. The first-order chi connectivity index (χ1) is 15.0. The predicted octanol–water partition coefficient (Wildman–Crippen LogP) is 2.48. The lowest BCUT2D eigenvalue weighted by Crippen LogP contribution is -2.39. The highest BCUT2D eigenvalue weighted by Gasteiger charge is 2.38. The van der Waals surface area contributed by atoms with Gasteiger partial charge in [0.15, 0.2) is 0 Å². The molecule has 1 fully saturated rings. The highest BCUT2D eigenvalue weighted by Crippen LogP contribution is 2.24. The van der Waals surface area contributed by atoms with Crippen LogP contribution < -0.4 is 4.74 Å². The minimum Gasteiger partial charge on any atom is -0.487 e. The molecule has 0 amide bonds. The van der Waals surface area contributed by atoms with Gasteiger partial charge < -0.3 is 19.7 Å². The standard InChI is InChI=1S/C18H23N3O4.C2HF3O2/c1-20-8-6-15(19-20)13-25-16-4-2-14(3-5-16)17-12-21(10-11-24-17)9-7-18(22)23;3-2(4,5)1(6)7/h2-6,8,17H,7,9-13H2,1H3,(H,22,23);(H,6,7). The molecule has 0 bridgehead atoms. The van der Waals surface area contributed by atoms with Crippen molar-refractivity contribution in [2.45, 2.75) is 25.3 Å². The Hall–Kier alpha value is -3.12. The third kappa shape index (κ3) is 8.55. The lowest BCUT2D eigenvalue weighted by atomic mass is 10.1. The Morgan fingerprint density at radius 3 is 2.41 bits per heavy atom. The van der Waals surface area contributed by atoms with E-state index in [2.05, 4.69) is 10.00 Å². The summed E-state index contributed by atoms with van der Waals surface area (Å²) in [5.41, 5.74) is 1.96. The number of aromatic nitrogens is 2. The van der Waals surface area contributed by atoms with Crippen LogP contribution in [-0.4, -0.2) is 69.2 Å². The zero-order chi connectivity index (χ0) is 23.7. The second-order valence-electron chi connectivity index (χ2n) is 6.95. The van der Waals surface area contributed by atoms with Crippen LogP contribution in [0.25, 0.3) is 0 Å². The summed E-state index contributed by atoms with van der Waals surface area (Å²) in [4.78, 5) is 21.7. The van der Waals surface area contributed by atoms with E-state index in [1.807, 2.05) is 43.6 Å². The summed E-state index contributed by atoms with van der Waals surface area (Å²) < 4.78 is 45.1. The third-order valence-corrected chi connectivity index (χ3v) is 4.44. The van der Waals surface area contributed by atoms with Crippen LogP contribution in [0.3, 0.4) is 0 Å². The van der Waals surface area contributed by atoms with Crippen LogP contribution in [0.1, 0.15) is 23.8 Å². The van der Waals surface area contributed by atoms with Gasteiger partial charge in [-0.3, -0.25) is 14.4 Å². The van der Waals surface area contributed by atoms with Crippen molar-refractivity contribution in [3.63, 3.8) is 0 Å². The molecule has 1 aliphatic rings. The lowest BCUT2D eigenvalue weighted by molar-refractivity contribution is -0.192. The first-order valence-electron chi connectivity index (χ1n) is 9.61. The summed E-state index contributed by atoms with van der Waals surface area (Å²) in [6.45, 7) is 3.09. The third-order valence-electron chi connectivity index (χ3n) is 4.44. The minimum absolute atomic E-state index is 0.0348. The first kappa shape index (κ1) is 25.1. The number of hydrogen-bond acceptors (Lipinski definition) is 6. The number of rotatable bonds is 7. The summed E-state index contributed by atoms with van der Waals surface area (Å²) >= 11 is 0. The minimum atomic E-state index is -5.08. The molecule has 0 spiro atoms. The number of nitrogens with zero attached hydrogens (tertiary/aromatic N) is 3. The molecule has 2 heterocycles. The van der Waals surface area contributed by atoms with E-state index in [-0.39, 0.29) is 12.5 Å². The van der Waals surface area contributed by atoms with Gasteiger partial charge in [0.2, 0.25) is 0 Å². The fourth-order valence-electron chi connectivity index (χ4n) is 2.84. The molecule has 2 aromatic rings. The highest BCUT2D eigenvalue weighted by atomic mass is 19.4. The molecule has 2 N–H and O–H groups in total. The number of benzene rings is 1. The van der Waals surface area contributed by atoms with Crippen LogP contribution in [0.15, 0.2) is 36.5 Å². The molecule has 3 rings (SSSR count). The Labute approximate surface area is 182 Å². The van der Waals surface area contributed by atoms with Crippen LogP contribution in [-0.2, 0) is 28.0 Å². The number of carbonyl (C=O) groups is 2. The molecule has 1 aromatic heterocycles. The maximum absolute atomic E-state index is 10.7. The van der Waals surface area contributed by atoms with Gasteiger partial charge >= 0.3 is 18.1 Å². The first-order valence-corrected chi connectivity index (χ1v) is 9.61. The van der Waals surface area contributed by atoms with Gasteiger partial charge in [-0.2, -0.15) is 18.3 Å². The van der Waals surface area contributed by atoms with E-state index in [9.17, 15) is 18.0 Å². The van der Waals surface area contributed by atoms with Crippen molar-refractivity contribution in [2.75, 3.05) is 26.2 Å². The van der Waals surface area contributed by atoms with Gasteiger partial charge in [0.05, 0.1) is 24.8 Å². The second kappa shape index (κ2) is 11.5. The van der Waals surface area contributed by atoms with Crippen molar-refractivity contribution >= 4 is 11.9 Å². The quantitative estimate of drug-likeness (QED) is 0.649. The second-order valence-corrected chi connectivity index (χ2v) is 6.95. The monoisotopic (exact) mass is 459 g/mol. The molecule has 1 aromatic carbocycles. The van der Waals surface area contributed by atoms with Crippen LogP contribution in [0.5, 0.6) is 5.75 Å². The van der Waals surface area contributed by atoms with Gasteiger partial charge in [-0.05, 0) is 23.8 Å². The predicted molar refractivity (Wildman–Crippen MR) is 105 cm³/mol. The summed E-state index contributed by atoms with van der Waals surface area (Å²) in [7, 11) is 1.88. The average Bonchev–Trinajstić information content (AvgIpc) is 3.16. The number of hydrogen-bond donors (Lipinski definition) is 2. The van der Waals surface area contributed by atoms with Crippen LogP contribution in [0.4, 0.5) is 13.2 Å². The van der Waals surface area contributed by atoms with E-state index >= 15 is 0 Å². The van der Waals surface area contributed by atoms with Crippen molar-refractivity contribution in [3.05, 3.63) is 47.8 Å². The van der Waals surface area contributed by atoms with Crippen molar-refractivity contribution < 1.29 is 42.4 Å². The van der Waals surface area contributed by atoms with Crippen LogP contribution in [0, 0.1) is 0 Å². The van der Waals surface area contributed by atoms with Gasteiger partial charge in [0.25, 0.3) is 0 Å². The van der Waals surface area contributed by atoms with Crippen molar-refractivity contribution in [1.82, 2.24) is 14.7 Å². The van der Waals surface area contributed by atoms with Gasteiger partial charge in [0.1, 0.15) is 12.4 Å². The highest BCUT2D eigenvalue weighted by molar-refractivity contribution is 5.73. The molecule has 176 valence electrons. The largest absolute Gasteiger partial charge is 0.490 e. The zero-order valence-electron chi connectivity index (χ0n) is 17.3. The van der Waals surface area contributed by atoms with E-state index in [0.29, 0.717) is 26.3 Å². The number of carboxylic acids is 2. The topological polar surface area (TPSA) is 114 Å². The van der Waals surface area contributed by atoms with Gasteiger partial charge in [0, 0.05) is 32.9 Å². The summed E-state index contributed by atoms with van der Waals surface area (Å²) in [5.74, 6) is -2.74. The molecular formula is C20H24F3N3O6. The number of aliphatic carboxylic acids is 2. The molecule has 32 heavy (non-hydrogen) atoms. The van der Waals surface area contributed by atoms with E-state index in [0.717, 1.165) is 23.6 Å². The molecule has 1 saturated heterocycles. The average molecular weight is 459 g/mol. The number of aryl methyl sites for hydroxylation is 1. The lowest BCUT2D eigenvalue weighted by Gasteiger charge is -2.32. The fourth-order valence-corrected chi connectivity index (χ4v) is 2.84. The van der Waals surface area contributed by atoms with E-state index in [4.69, 9.17) is 24.5 Å². The Bertz CT molecular complexity index is 885. The molecule has 0 aliphatic carbocycles. The Morgan fingerprint density at radius 2 is 1.88 bits per heavy atom. The number of halogens is 3. The Balaban J connectivity index is 0.000000451. The maximum Gasteiger partial charge on any atom is 0.490 e. The molecule has 1 atom stereocenters. The molecular weight excluding hydrogens is 435 g/mol. The SMILES string of the molecule is Cn1ccc(COc2ccc(C3CN(CCC(=O)O)CCO3)cc2)n1.O=C(O)C(F)(F)F. The molecule has 12 heteroatoms. The number of alkyl halides is 3. The van der Waals surface area contributed by atoms with E-state index < -0.39 is 18.1 Å². The van der Waals surface area contributed by atoms with Gasteiger partial charge in [-0.15, -0.1) is 0 Å². The van der Waals surface area contributed by atoms with E-state index in [1.54, 1.807) is 4.68 Å². The summed E-state index contributed by atoms with van der Waals surface area (Å²) in [5, 5.41) is 20.2. The van der Waals surface area contributed by atoms with Gasteiger partial charge in [-0.1, -0.05) is 12.1 Å². The maximum atomic E-state index is 10.7. The van der Waals surface area contributed by atoms with Gasteiger partial charge in [-0.25, -0.2) is 4.79 Å². The number of ether oxygens (including phenoxy) is 2. The number of carboxylic acid groups (broad SMARTS) is 2. The van der Waals surface area contributed by atoms with Crippen molar-refractivity contribution in [2.24, 2.45) is 7.05 Å². The summed E-state index contributed by atoms with van der Waals surface area (Å²) in [6, 6.07) is 9.78. The number of morpholine rings is 1. The fraction of sp³-hybridized carbons (Fsp3) is 0.450.